The summed E-state index contributed by atoms with van der Waals surface area (Å²) in [7, 11) is 0. The minimum absolute atomic E-state index is 0.0750. The molecular formula is C17H21F2N3O3. The number of aromatic nitrogens is 2. The number of nitrogens with zero attached hydrogens (tertiary/aromatic N) is 2. The molecule has 1 aliphatic rings. The molecule has 1 aromatic carbocycles. The van der Waals surface area contributed by atoms with E-state index >= 15 is 0 Å². The SMILES string of the molecule is CC(C)[C@H](C(=O)NC[C@@H]1COCCO1)n1cnc2cc(F)c(F)cc21. The van der Waals surface area contributed by atoms with E-state index in [2.05, 4.69) is 10.3 Å². The zero-order valence-electron chi connectivity index (χ0n) is 14.2. The van der Waals surface area contributed by atoms with Crippen LogP contribution in [0.2, 0.25) is 0 Å². The van der Waals surface area contributed by atoms with Gasteiger partial charge >= 0.3 is 0 Å². The molecule has 6 nitrogen and oxygen atoms in total. The monoisotopic (exact) mass is 353 g/mol. The van der Waals surface area contributed by atoms with E-state index in [0.717, 1.165) is 12.1 Å². The van der Waals surface area contributed by atoms with Gasteiger partial charge in [0.15, 0.2) is 11.6 Å². The highest BCUT2D eigenvalue weighted by Gasteiger charge is 2.27. The van der Waals surface area contributed by atoms with Gasteiger partial charge in [-0.25, -0.2) is 13.8 Å². The molecule has 0 aliphatic carbocycles. The van der Waals surface area contributed by atoms with Crippen molar-refractivity contribution >= 4 is 16.9 Å². The quantitative estimate of drug-likeness (QED) is 0.893. The van der Waals surface area contributed by atoms with Crippen LogP contribution in [0.1, 0.15) is 19.9 Å². The van der Waals surface area contributed by atoms with Crippen molar-refractivity contribution in [1.82, 2.24) is 14.9 Å². The number of halogens is 2. The van der Waals surface area contributed by atoms with Crippen LogP contribution in [0.25, 0.3) is 11.0 Å². The number of carbonyl (C=O) groups is 1. The molecule has 1 amide bonds. The molecule has 2 heterocycles. The Kier molecular flexibility index (Phi) is 5.29. The number of ether oxygens (including phenoxy) is 2. The number of nitrogens with one attached hydrogen (secondary N) is 1. The summed E-state index contributed by atoms with van der Waals surface area (Å²) in [5.74, 6) is -2.23. The molecule has 25 heavy (non-hydrogen) atoms. The first kappa shape index (κ1) is 17.8. The molecule has 1 saturated heterocycles. The maximum absolute atomic E-state index is 13.6. The molecule has 1 aliphatic heterocycles. The Hall–Kier alpha value is -2.06. The van der Waals surface area contributed by atoms with E-state index in [1.807, 2.05) is 13.8 Å². The van der Waals surface area contributed by atoms with Crippen LogP contribution < -0.4 is 5.32 Å². The number of imidazole rings is 1. The van der Waals surface area contributed by atoms with Crippen molar-refractivity contribution in [2.24, 2.45) is 5.92 Å². The summed E-state index contributed by atoms with van der Waals surface area (Å²) in [6, 6.07) is 1.50. The Labute approximate surface area is 144 Å². The zero-order chi connectivity index (χ0) is 18.0. The summed E-state index contributed by atoms with van der Waals surface area (Å²) in [6.07, 6.45) is 1.25. The predicted molar refractivity (Wildman–Crippen MR) is 87.1 cm³/mol. The van der Waals surface area contributed by atoms with Gasteiger partial charge in [-0.3, -0.25) is 4.79 Å². The highest BCUT2D eigenvalue weighted by Crippen LogP contribution is 2.25. The largest absolute Gasteiger partial charge is 0.376 e. The van der Waals surface area contributed by atoms with Gasteiger partial charge in [0.1, 0.15) is 6.04 Å². The minimum Gasteiger partial charge on any atom is -0.376 e. The van der Waals surface area contributed by atoms with Crippen LogP contribution in [0.5, 0.6) is 0 Å². The second kappa shape index (κ2) is 7.45. The number of benzene rings is 1. The van der Waals surface area contributed by atoms with E-state index in [1.54, 1.807) is 4.57 Å². The first-order valence-electron chi connectivity index (χ1n) is 8.26. The predicted octanol–water partition coefficient (Wildman–Crippen LogP) is 2.04. The lowest BCUT2D eigenvalue weighted by Crippen LogP contribution is -2.43. The van der Waals surface area contributed by atoms with Crippen molar-refractivity contribution < 1.29 is 23.0 Å². The molecule has 2 aromatic rings. The van der Waals surface area contributed by atoms with Crippen LogP contribution >= 0.6 is 0 Å². The third-order valence-electron chi connectivity index (χ3n) is 4.21. The van der Waals surface area contributed by atoms with Gasteiger partial charge in [0, 0.05) is 18.7 Å². The Morgan fingerprint density at radius 2 is 2.12 bits per heavy atom. The van der Waals surface area contributed by atoms with Gasteiger partial charge in [-0.05, 0) is 5.92 Å². The fourth-order valence-corrected chi connectivity index (χ4v) is 2.97. The molecule has 0 radical (unpaired) electrons. The van der Waals surface area contributed by atoms with Gasteiger partial charge in [-0.1, -0.05) is 13.8 Å². The van der Waals surface area contributed by atoms with Gasteiger partial charge in [-0.15, -0.1) is 0 Å². The van der Waals surface area contributed by atoms with Gasteiger partial charge < -0.3 is 19.4 Å². The van der Waals surface area contributed by atoms with Gasteiger partial charge in [-0.2, -0.15) is 0 Å². The molecule has 1 fully saturated rings. The number of hydrogen-bond donors (Lipinski definition) is 1. The molecule has 0 saturated carbocycles. The molecule has 8 heteroatoms. The molecular weight excluding hydrogens is 332 g/mol. The lowest BCUT2D eigenvalue weighted by atomic mass is 10.0. The van der Waals surface area contributed by atoms with E-state index in [0.29, 0.717) is 37.4 Å². The highest BCUT2D eigenvalue weighted by molar-refractivity contribution is 5.84. The average Bonchev–Trinajstić information content (AvgIpc) is 2.97. The third-order valence-corrected chi connectivity index (χ3v) is 4.21. The van der Waals surface area contributed by atoms with E-state index in [4.69, 9.17) is 9.47 Å². The van der Waals surface area contributed by atoms with Crippen molar-refractivity contribution in [1.29, 1.82) is 0 Å². The summed E-state index contributed by atoms with van der Waals surface area (Å²) in [5.41, 5.74) is 0.686. The second-order valence-electron chi connectivity index (χ2n) is 6.41. The first-order valence-corrected chi connectivity index (χ1v) is 8.26. The van der Waals surface area contributed by atoms with Crippen molar-refractivity contribution in [3.05, 3.63) is 30.1 Å². The van der Waals surface area contributed by atoms with Crippen molar-refractivity contribution in [2.45, 2.75) is 26.0 Å². The lowest BCUT2D eigenvalue weighted by Gasteiger charge is -2.26. The minimum atomic E-state index is -0.968. The van der Waals surface area contributed by atoms with Crippen LogP contribution in [-0.2, 0) is 14.3 Å². The maximum atomic E-state index is 13.6. The fraction of sp³-hybridized carbons (Fsp3) is 0.529. The van der Waals surface area contributed by atoms with Crippen LogP contribution in [0, 0.1) is 17.6 Å². The Bertz CT molecular complexity index is 757. The summed E-state index contributed by atoms with van der Waals surface area (Å²) in [4.78, 5) is 16.8. The second-order valence-corrected chi connectivity index (χ2v) is 6.41. The van der Waals surface area contributed by atoms with Crippen LogP contribution in [0.4, 0.5) is 8.78 Å². The number of carbonyl (C=O) groups excluding carboxylic acids is 1. The normalized spacial score (nSPS) is 19.3. The highest BCUT2D eigenvalue weighted by atomic mass is 19.2. The number of amides is 1. The fourth-order valence-electron chi connectivity index (χ4n) is 2.97. The molecule has 0 bridgehead atoms. The molecule has 2 atom stereocenters. The van der Waals surface area contributed by atoms with Gasteiger partial charge in [0.05, 0.1) is 43.3 Å². The summed E-state index contributed by atoms with van der Waals surface area (Å²) >= 11 is 0. The maximum Gasteiger partial charge on any atom is 0.243 e. The number of fused-ring (bicyclic) bond motifs is 1. The Morgan fingerprint density at radius 3 is 2.80 bits per heavy atom. The number of rotatable bonds is 5. The Balaban J connectivity index is 1.80. The standard InChI is InChI=1S/C17H21F2N3O3/c1-10(2)16(17(23)20-7-11-8-24-3-4-25-11)22-9-21-14-5-12(18)13(19)6-15(14)22/h5-6,9-11,16H,3-4,7-8H2,1-2H3,(H,20,23)/t11-,16-/m1/s1. The van der Waals surface area contributed by atoms with Gasteiger partial charge in [0.25, 0.3) is 0 Å². The van der Waals surface area contributed by atoms with Crippen LogP contribution in [0.3, 0.4) is 0 Å². The molecule has 136 valence electrons. The molecule has 0 spiro atoms. The summed E-state index contributed by atoms with van der Waals surface area (Å²) in [5, 5.41) is 2.85. The molecule has 3 rings (SSSR count). The first-order chi connectivity index (χ1) is 12.0. The van der Waals surface area contributed by atoms with Crippen LogP contribution in [-0.4, -0.2) is 47.9 Å². The molecule has 1 aromatic heterocycles. The Morgan fingerprint density at radius 1 is 1.36 bits per heavy atom. The molecule has 0 unspecified atom stereocenters. The summed E-state index contributed by atoms with van der Waals surface area (Å²) in [6.45, 7) is 5.60. The topological polar surface area (TPSA) is 65.4 Å². The van der Waals surface area contributed by atoms with Gasteiger partial charge in [0.2, 0.25) is 5.91 Å². The lowest BCUT2D eigenvalue weighted by molar-refractivity contribution is -0.128. The van der Waals surface area contributed by atoms with E-state index in [-0.39, 0.29) is 17.9 Å². The van der Waals surface area contributed by atoms with E-state index < -0.39 is 17.7 Å². The van der Waals surface area contributed by atoms with E-state index in [9.17, 15) is 13.6 Å². The number of hydrogen-bond acceptors (Lipinski definition) is 4. The smallest absolute Gasteiger partial charge is 0.243 e. The third kappa shape index (κ3) is 3.80. The van der Waals surface area contributed by atoms with Crippen molar-refractivity contribution in [3.8, 4) is 0 Å². The van der Waals surface area contributed by atoms with E-state index in [1.165, 1.54) is 6.33 Å². The summed E-state index contributed by atoms with van der Waals surface area (Å²) < 4.78 is 39.4. The van der Waals surface area contributed by atoms with Crippen LogP contribution in [0.15, 0.2) is 18.5 Å². The zero-order valence-corrected chi connectivity index (χ0v) is 14.2. The van der Waals surface area contributed by atoms with Crippen molar-refractivity contribution in [3.63, 3.8) is 0 Å². The molecule has 1 N–H and O–H groups in total. The van der Waals surface area contributed by atoms with Crippen molar-refractivity contribution in [2.75, 3.05) is 26.4 Å². The average molecular weight is 353 g/mol.